The molecule has 37 heavy (non-hydrogen) atoms. The highest BCUT2D eigenvalue weighted by Gasteiger charge is 2.30. The van der Waals surface area contributed by atoms with E-state index in [9.17, 15) is 4.79 Å². The molecule has 2 aliphatic heterocycles. The van der Waals surface area contributed by atoms with Gasteiger partial charge < -0.3 is 28.7 Å². The van der Waals surface area contributed by atoms with Gasteiger partial charge in [0, 0.05) is 56.8 Å². The minimum absolute atomic E-state index is 0.222. The number of piperidine rings is 1. The van der Waals surface area contributed by atoms with Crippen molar-refractivity contribution in [1.29, 1.82) is 0 Å². The van der Waals surface area contributed by atoms with E-state index in [1.807, 2.05) is 31.9 Å². The van der Waals surface area contributed by atoms with Crippen LogP contribution in [0.25, 0.3) is 11.2 Å². The van der Waals surface area contributed by atoms with Gasteiger partial charge in [0.25, 0.3) is 0 Å². The van der Waals surface area contributed by atoms with Crippen LogP contribution >= 0.6 is 10.0 Å². The molecule has 0 unspecified atom stereocenters. The van der Waals surface area contributed by atoms with Crippen LogP contribution in [0.2, 0.25) is 0 Å². The second kappa shape index (κ2) is 11.4. The molecule has 10 heteroatoms. The largest absolute Gasteiger partial charge is 0.444 e. The third kappa shape index (κ3) is 7.51. The van der Waals surface area contributed by atoms with Crippen LogP contribution in [0.15, 0.2) is 12.4 Å². The third-order valence-corrected chi connectivity index (χ3v) is 8.46. The van der Waals surface area contributed by atoms with Gasteiger partial charge in [-0.15, -0.1) is 0 Å². The molecular weight excluding hydrogens is 488 g/mol. The van der Waals surface area contributed by atoms with Gasteiger partial charge in [0.1, 0.15) is 23.7 Å². The predicted octanol–water partition coefficient (Wildman–Crippen LogP) is 3.97. The van der Waals surface area contributed by atoms with Crippen molar-refractivity contribution in [3.8, 4) is 0 Å². The number of likely N-dealkylation sites (tertiary alicyclic amines) is 1. The van der Waals surface area contributed by atoms with Gasteiger partial charge in [0.05, 0.1) is 12.8 Å². The van der Waals surface area contributed by atoms with Gasteiger partial charge in [-0.05, 0) is 65.3 Å². The highest BCUT2D eigenvalue weighted by molar-refractivity contribution is 8.32. The van der Waals surface area contributed by atoms with Gasteiger partial charge in [-0.1, -0.05) is 0 Å². The fourth-order valence-corrected chi connectivity index (χ4v) is 5.44. The lowest BCUT2D eigenvalue weighted by atomic mass is 9.91. The lowest BCUT2D eigenvalue weighted by Gasteiger charge is -2.33. The summed E-state index contributed by atoms with van der Waals surface area (Å²) in [5, 5.41) is 0. The Morgan fingerprint density at radius 1 is 1.08 bits per heavy atom. The Balaban J connectivity index is 1.53. The van der Waals surface area contributed by atoms with Crippen molar-refractivity contribution in [2.24, 2.45) is 0 Å². The fourth-order valence-electron chi connectivity index (χ4n) is 4.82. The summed E-state index contributed by atoms with van der Waals surface area (Å²) in [6.07, 6.45) is 12.6. The average molecular weight is 535 g/mol. The van der Waals surface area contributed by atoms with Crippen molar-refractivity contribution < 1.29 is 14.3 Å². The Morgan fingerprint density at radius 2 is 1.76 bits per heavy atom. The standard InChI is InChI=1S/C27H46N6O3S/c1-27(2,3)36-26(34)32-10-8-21(9-11-32)22-19-33(20-35-16-17-37(5,6)7)25-24(22)29-23(18-28-25)31-14-12-30(4)13-15-31/h18-19,21H,8-17,20H2,1-7H3. The Morgan fingerprint density at radius 3 is 2.38 bits per heavy atom. The zero-order chi connectivity index (χ0) is 26.8. The van der Waals surface area contributed by atoms with E-state index in [-0.39, 0.29) is 6.09 Å². The molecule has 0 atom stereocenters. The van der Waals surface area contributed by atoms with E-state index < -0.39 is 15.6 Å². The maximum Gasteiger partial charge on any atom is 0.410 e. The number of hydrogen-bond acceptors (Lipinski definition) is 7. The number of piperazine rings is 1. The summed E-state index contributed by atoms with van der Waals surface area (Å²) in [4.78, 5) is 29.1. The summed E-state index contributed by atoms with van der Waals surface area (Å²) in [6, 6.07) is 0. The summed E-state index contributed by atoms with van der Waals surface area (Å²) >= 11 is 0. The smallest absolute Gasteiger partial charge is 0.410 e. The molecule has 2 fully saturated rings. The van der Waals surface area contributed by atoms with Crippen molar-refractivity contribution in [3.63, 3.8) is 0 Å². The number of amides is 1. The number of rotatable bonds is 7. The molecule has 2 saturated heterocycles. The normalized spacial score (nSPS) is 19.0. The molecule has 4 heterocycles. The maximum atomic E-state index is 12.6. The molecule has 0 bridgehead atoms. The molecule has 9 nitrogen and oxygen atoms in total. The number of likely N-dealkylation sites (N-methyl/N-ethyl adjacent to an activating group) is 1. The summed E-state index contributed by atoms with van der Waals surface area (Å²) in [6.45, 7) is 12.3. The quantitative estimate of drug-likeness (QED) is 0.498. The first-order valence-corrected chi connectivity index (χ1v) is 16.4. The van der Waals surface area contributed by atoms with E-state index in [4.69, 9.17) is 19.4 Å². The van der Waals surface area contributed by atoms with Gasteiger partial charge >= 0.3 is 6.09 Å². The summed E-state index contributed by atoms with van der Waals surface area (Å²) in [5.74, 6) is 2.35. The van der Waals surface area contributed by atoms with Crippen LogP contribution in [0.4, 0.5) is 10.6 Å². The molecule has 0 aromatic carbocycles. The van der Waals surface area contributed by atoms with E-state index in [0.717, 1.165) is 68.4 Å². The van der Waals surface area contributed by atoms with Crippen molar-refractivity contribution in [3.05, 3.63) is 18.0 Å². The highest BCUT2D eigenvalue weighted by Crippen LogP contribution is 2.35. The first kappa shape index (κ1) is 28.0. The first-order chi connectivity index (χ1) is 17.4. The lowest BCUT2D eigenvalue weighted by Crippen LogP contribution is -2.44. The molecule has 2 aromatic rings. The van der Waals surface area contributed by atoms with Crippen LogP contribution < -0.4 is 4.90 Å². The number of carbonyl (C=O) groups excluding carboxylic acids is 1. The van der Waals surface area contributed by atoms with E-state index >= 15 is 0 Å². The lowest BCUT2D eigenvalue weighted by molar-refractivity contribution is 0.0205. The summed E-state index contributed by atoms with van der Waals surface area (Å²) in [7, 11) is 1.57. The van der Waals surface area contributed by atoms with E-state index in [2.05, 4.69) is 46.4 Å². The number of hydrogen-bond donors (Lipinski definition) is 0. The Bertz CT molecular complexity index is 1060. The van der Waals surface area contributed by atoms with Crippen LogP contribution in [0.5, 0.6) is 0 Å². The summed E-state index contributed by atoms with van der Waals surface area (Å²) < 4.78 is 13.8. The molecule has 0 spiro atoms. The molecule has 2 aliphatic rings. The van der Waals surface area contributed by atoms with Crippen LogP contribution in [-0.4, -0.2) is 113 Å². The molecule has 0 N–H and O–H groups in total. The number of carbonyl (C=O) groups is 1. The molecule has 208 valence electrons. The van der Waals surface area contributed by atoms with Gasteiger partial charge in [0.2, 0.25) is 0 Å². The minimum Gasteiger partial charge on any atom is -0.444 e. The first-order valence-electron chi connectivity index (χ1n) is 13.4. The number of aromatic nitrogens is 3. The van der Waals surface area contributed by atoms with Crippen LogP contribution in [0.1, 0.15) is 45.1 Å². The topological polar surface area (TPSA) is 76.0 Å². The summed E-state index contributed by atoms with van der Waals surface area (Å²) in [5.41, 5.74) is 2.58. The van der Waals surface area contributed by atoms with E-state index in [1.54, 1.807) is 0 Å². The van der Waals surface area contributed by atoms with Crippen LogP contribution in [0.3, 0.4) is 0 Å². The fraction of sp³-hybridized carbons (Fsp3) is 0.741. The molecule has 4 rings (SSSR count). The minimum atomic E-state index is -0.592. The van der Waals surface area contributed by atoms with Crippen molar-refractivity contribution >= 4 is 33.1 Å². The zero-order valence-corrected chi connectivity index (χ0v) is 24.6. The average Bonchev–Trinajstić information content (AvgIpc) is 3.18. The van der Waals surface area contributed by atoms with Crippen LogP contribution in [-0.2, 0) is 16.2 Å². The van der Waals surface area contributed by atoms with Gasteiger partial charge in [-0.2, -0.15) is 0 Å². The van der Waals surface area contributed by atoms with Crippen molar-refractivity contribution in [2.45, 2.75) is 51.9 Å². The number of nitrogens with zero attached hydrogens (tertiary/aromatic N) is 6. The Labute approximate surface area is 223 Å². The third-order valence-electron chi connectivity index (χ3n) is 7.07. The number of anilines is 1. The van der Waals surface area contributed by atoms with E-state index in [0.29, 0.717) is 25.7 Å². The molecular formula is C27H46N6O3S. The molecule has 0 radical (unpaired) electrons. The monoisotopic (exact) mass is 534 g/mol. The molecule has 0 saturated carbocycles. The van der Waals surface area contributed by atoms with Gasteiger partial charge in [-0.25, -0.2) is 24.8 Å². The molecule has 1 amide bonds. The van der Waals surface area contributed by atoms with E-state index in [1.165, 1.54) is 5.56 Å². The van der Waals surface area contributed by atoms with Crippen LogP contribution in [0, 0.1) is 0 Å². The Kier molecular flexibility index (Phi) is 8.60. The van der Waals surface area contributed by atoms with Gasteiger partial charge in [0.15, 0.2) is 5.65 Å². The van der Waals surface area contributed by atoms with Gasteiger partial charge in [-0.3, -0.25) is 0 Å². The second-order valence-corrected chi connectivity index (χ2v) is 16.9. The second-order valence-electron chi connectivity index (χ2n) is 12.3. The predicted molar refractivity (Wildman–Crippen MR) is 153 cm³/mol. The molecule has 0 aliphatic carbocycles. The zero-order valence-electron chi connectivity index (χ0n) is 23.8. The number of ether oxygens (including phenoxy) is 2. The molecule has 2 aromatic heterocycles. The number of fused-ring (bicyclic) bond motifs is 1. The SMILES string of the molecule is CN1CCN(c2cnc3c(n2)c(C2CCN(C(=O)OC(C)(C)C)CC2)cn3COCCS(C)(C)C)CC1. The maximum absolute atomic E-state index is 12.6. The highest BCUT2D eigenvalue weighted by atomic mass is 32.3. The Hall–Kier alpha value is -2.04. The van der Waals surface area contributed by atoms with Crippen molar-refractivity contribution in [1.82, 2.24) is 24.3 Å². The van der Waals surface area contributed by atoms with Crippen molar-refractivity contribution in [2.75, 3.05) is 82.3 Å².